The summed E-state index contributed by atoms with van der Waals surface area (Å²) in [7, 11) is 0. The lowest BCUT2D eigenvalue weighted by Crippen LogP contribution is -1.86. The van der Waals surface area contributed by atoms with Gasteiger partial charge in [-0.1, -0.05) is 11.8 Å². The van der Waals surface area contributed by atoms with E-state index in [1.807, 2.05) is 49.5 Å². The molecule has 4 aromatic rings. The topological polar surface area (TPSA) is 52.3 Å². The number of benzene rings is 1. The summed E-state index contributed by atoms with van der Waals surface area (Å²) >= 11 is 3.11. The predicted molar refractivity (Wildman–Crippen MR) is 90.5 cm³/mol. The Kier molecular flexibility index (Phi) is 3.72. The van der Waals surface area contributed by atoms with E-state index in [1.165, 1.54) is 11.3 Å². The molecular formula is C16H12N4OS2. The van der Waals surface area contributed by atoms with E-state index in [9.17, 15) is 0 Å². The summed E-state index contributed by atoms with van der Waals surface area (Å²) in [5, 5.41) is 4.94. The van der Waals surface area contributed by atoms with E-state index in [0.29, 0.717) is 5.19 Å². The van der Waals surface area contributed by atoms with Crippen LogP contribution in [0.2, 0.25) is 0 Å². The van der Waals surface area contributed by atoms with E-state index in [2.05, 4.69) is 15.1 Å². The van der Waals surface area contributed by atoms with Crippen LogP contribution in [0.1, 0.15) is 5.69 Å². The number of hydrogen-bond acceptors (Lipinski definition) is 6. The molecule has 0 fully saturated rings. The maximum atomic E-state index is 5.79. The zero-order valence-corrected chi connectivity index (χ0v) is 13.8. The van der Waals surface area contributed by atoms with Gasteiger partial charge in [0.15, 0.2) is 0 Å². The third-order valence-corrected chi connectivity index (χ3v) is 4.88. The van der Waals surface area contributed by atoms with Gasteiger partial charge in [0, 0.05) is 22.2 Å². The second-order valence-electron chi connectivity index (χ2n) is 4.84. The molecule has 0 bridgehead atoms. The molecule has 1 aromatic carbocycles. The lowest BCUT2D eigenvalue weighted by Gasteiger charge is -2.04. The van der Waals surface area contributed by atoms with Gasteiger partial charge in [-0.25, -0.2) is 9.50 Å². The van der Waals surface area contributed by atoms with Crippen molar-refractivity contribution in [3.63, 3.8) is 0 Å². The van der Waals surface area contributed by atoms with E-state index in [4.69, 9.17) is 4.74 Å². The summed E-state index contributed by atoms with van der Waals surface area (Å²) in [5.74, 6) is 0.762. The van der Waals surface area contributed by atoms with E-state index in [1.54, 1.807) is 28.7 Å². The van der Waals surface area contributed by atoms with Gasteiger partial charge in [-0.15, -0.1) is 5.10 Å². The van der Waals surface area contributed by atoms with Gasteiger partial charge < -0.3 is 4.74 Å². The molecule has 0 aliphatic rings. The maximum Gasteiger partial charge on any atom is 0.299 e. The Labute approximate surface area is 141 Å². The Balaban J connectivity index is 1.48. The second-order valence-corrected chi connectivity index (χ2v) is 6.90. The molecule has 0 N–H and O–H groups in total. The second kappa shape index (κ2) is 6.02. The van der Waals surface area contributed by atoms with Gasteiger partial charge in [0.2, 0.25) is 4.96 Å². The Morgan fingerprint density at radius 2 is 1.78 bits per heavy atom. The van der Waals surface area contributed by atoms with E-state index in [0.717, 1.165) is 26.2 Å². The van der Waals surface area contributed by atoms with Crippen molar-refractivity contribution in [3.05, 3.63) is 60.7 Å². The minimum absolute atomic E-state index is 0.585. The van der Waals surface area contributed by atoms with Gasteiger partial charge >= 0.3 is 0 Å². The molecule has 0 saturated carbocycles. The van der Waals surface area contributed by atoms with Crippen LogP contribution in [0.5, 0.6) is 10.9 Å². The van der Waals surface area contributed by atoms with Crippen molar-refractivity contribution in [1.29, 1.82) is 0 Å². The lowest BCUT2D eigenvalue weighted by atomic mass is 10.3. The molecule has 3 heterocycles. The van der Waals surface area contributed by atoms with Gasteiger partial charge in [-0.2, -0.15) is 0 Å². The molecule has 0 unspecified atom stereocenters. The van der Waals surface area contributed by atoms with Crippen LogP contribution in [0.15, 0.2) is 64.8 Å². The van der Waals surface area contributed by atoms with Crippen LogP contribution in [-0.2, 0) is 0 Å². The number of imidazole rings is 1. The molecule has 5 nitrogen and oxygen atoms in total. The van der Waals surface area contributed by atoms with Gasteiger partial charge in [-0.3, -0.25) is 4.98 Å². The molecule has 7 heteroatoms. The van der Waals surface area contributed by atoms with E-state index in [-0.39, 0.29) is 0 Å². The molecule has 0 aliphatic heterocycles. The molecule has 0 radical (unpaired) electrons. The van der Waals surface area contributed by atoms with Crippen LogP contribution >= 0.6 is 23.1 Å². The minimum atomic E-state index is 0.585. The molecule has 0 amide bonds. The molecule has 0 atom stereocenters. The van der Waals surface area contributed by atoms with Gasteiger partial charge in [-0.05, 0) is 54.7 Å². The standard InChI is InChI=1S/C16H12N4OS2/c1-11-10-20-15(18-11)23-16(19-20)21-12-2-4-13(5-3-12)22-14-6-8-17-9-7-14/h2-10H,1H3. The van der Waals surface area contributed by atoms with E-state index >= 15 is 0 Å². The average Bonchev–Trinajstić information content (AvgIpc) is 3.07. The zero-order chi connectivity index (χ0) is 15.6. The van der Waals surface area contributed by atoms with Crippen molar-refractivity contribution in [2.24, 2.45) is 0 Å². The van der Waals surface area contributed by atoms with Crippen LogP contribution in [0, 0.1) is 6.92 Å². The first-order valence-corrected chi connectivity index (χ1v) is 8.58. The molecule has 114 valence electrons. The number of pyridine rings is 1. The highest BCUT2D eigenvalue weighted by molar-refractivity contribution is 7.99. The van der Waals surface area contributed by atoms with Crippen LogP contribution in [0.25, 0.3) is 4.96 Å². The lowest BCUT2D eigenvalue weighted by molar-refractivity contribution is 0.470. The monoisotopic (exact) mass is 340 g/mol. The number of hydrogen-bond donors (Lipinski definition) is 0. The summed E-state index contributed by atoms with van der Waals surface area (Å²) in [6.07, 6.45) is 5.47. The van der Waals surface area contributed by atoms with Crippen molar-refractivity contribution in [3.8, 4) is 10.9 Å². The Morgan fingerprint density at radius 3 is 2.52 bits per heavy atom. The Bertz CT molecular complexity index is 900. The summed E-state index contributed by atoms with van der Waals surface area (Å²) in [6.45, 7) is 1.95. The van der Waals surface area contributed by atoms with Crippen molar-refractivity contribution < 1.29 is 4.74 Å². The largest absolute Gasteiger partial charge is 0.430 e. The minimum Gasteiger partial charge on any atom is -0.430 e. The number of aromatic nitrogens is 4. The summed E-state index contributed by atoms with van der Waals surface area (Å²) in [5.41, 5.74) is 0.952. The van der Waals surface area contributed by atoms with Gasteiger partial charge in [0.1, 0.15) is 5.75 Å². The fraction of sp³-hybridized carbons (Fsp3) is 0.0625. The van der Waals surface area contributed by atoms with Crippen molar-refractivity contribution in [1.82, 2.24) is 19.6 Å². The first-order chi connectivity index (χ1) is 11.3. The molecular weight excluding hydrogens is 328 g/mol. The smallest absolute Gasteiger partial charge is 0.299 e. The predicted octanol–water partition coefficient (Wildman–Crippen LogP) is 4.44. The molecule has 0 spiro atoms. The van der Waals surface area contributed by atoms with Crippen molar-refractivity contribution in [2.45, 2.75) is 16.7 Å². The van der Waals surface area contributed by atoms with E-state index < -0.39 is 0 Å². The van der Waals surface area contributed by atoms with Crippen LogP contribution < -0.4 is 4.74 Å². The summed E-state index contributed by atoms with van der Waals surface area (Å²) in [6, 6.07) is 11.9. The molecule has 0 aliphatic carbocycles. The van der Waals surface area contributed by atoms with Gasteiger partial charge in [0.05, 0.1) is 11.9 Å². The number of fused-ring (bicyclic) bond motifs is 1. The van der Waals surface area contributed by atoms with Crippen LogP contribution in [0.3, 0.4) is 0 Å². The average molecular weight is 340 g/mol. The SMILES string of the molecule is Cc1cn2nc(Oc3ccc(Sc4ccncc4)cc3)sc2n1. The summed E-state index contributed by atoms with van der Waals surface area (Å²) in [4.78, 5) is 11.5. The number of aryl methyl sites for hydroxylation is 1. The number of ether oxygens (including phenoxy) is 1. The third-order valence-electron chi connectivity index (χ3n) is 3.06. The van der Waals surface area contributed by atoms with Crippen molar-refractivity contribution in [2.75, 3.05) is 0 Å². The molecule has 23 heavy (non-hydrogen) atoms. The van der Waals surface area contributed by atoms with Crippen molar-refractivity contribution >= 4 is 28.1 Å². The third kappa shape index (κ3) is 3.20. The molecule has 3 aromatic heterocycles. The van der Waals surface area contributed by atoms with Crippen LogP contribution in [0.4, 0.5) is 0 Å². The zero-order valence-electron chi connectivity index (χ0n) is 12.2. The number of nitrogens with zero attached hydrogens (tertiary/aromatic N) is 4. The van der Waals surface area contributed by atoms with Crippen LogP contribution in [-0.4, -0.2) is 19.6 Å². The number of rotatable bonds is 4. The molecule has 4 rings (SSSR count). The first-order valence-electron chi connectivity index (χ1n) is 6.95. The first kappa shape index (κ1) is 14.2. The highest BCUT2D eigenvalue weighted by Crippen LogP contribution is 2.31. The fourth-order valence-corrected chi connectivity index (χ4v) is 3.65. The Hall–Kier alpha value is -2.38. The normalized spacial score (nSPS) is 11.0. The molecule has 0 saturated heterocycles. The summed E-state index contributed by atoms with van der Waals surface area (Å²) < 4.78 is 7.53. The fourth-order valence-electron chi connectivity index (χ4n) is 2.05. The van der Waals surface area contributed by atoms with Gasteiger partial charge in [0.25, 0.3) is 5.19 Å². The highest BCUT2D eigenvalue weighted by Gasteiger charge is 2.08. The Morgan fingerprint density at radius 1 is 1.04 bits per heavy atom. The quantitative estimate of drug-likeness (QED) is 0.550. The highest BCUT2D eigenvalue weighted by atomic mass is 32.2. The maximum absolute atomic E-state index is 5.79.